The Balaban J connectivity index is 1.23. The Hall–Kier alpha value is -1.89. The summed E-state index contributed by atoms with van der Waals surface area (Å²) in [7, 11) is 0. The highest BCUT2D eigenvalue weighted by molar-refractivity contribution is 7.75. The van der Waals surface area contributed by atoms with Crippen molar-refractivity contribution in [2.75, 3.05) is 19.7 Å². The van der Waals surface area contributed by atoms with Gasteiger partial charge in [-0.25, -0.2) is 24.2 Å². The third kappa shape index (κ3) is 3.24. The minimum Gasteiger partial charge on any atom is -0.309 e. The van der Waals surface area contributed by atoms with Gasteiger partial charge in [0.05, 0.1) is 18.7 Å². The summed E-state index contributed by atoms with van der Waals surface area (Å²) in [5.74, 6) is -0.316. The summed E-state index contributed by atoms with van der Waals surface area (Å²) in [6.45, 7) is 1.57. The highest BCUT2D eigenvalue weighted by atomic mass is 32.1. The molecule has 4 rings (SSSR count). The van der Waals surface area contributed by atoms with Crippen molar-refractivity contribution >= 4 is 24.8 Å². The Morgan fingerprint density at radius 2 is 2.31 bits per heavy atom. The van der Waals surface area contributed by atoms with Crippen LogP contribution in [0.1, 0.15) is 25.3 Å². The van der Waals surface area contributed by atoms with Crippen molar-refractivity contribution < 1.29 is 18.7 Å². The Kier molecular flexibility index (Phi) is 4.98. The van der Waals surface area contributed by atoms with Gasteiger partial charge in [-0.05, 0) is 19.3 Å². The zero-order valence-corrected chi connectivity index (χ0v) is 14.9. The normalized spacial score (nSPS) is 30.9. The van der Waals surface area contributed by atoms with E-state index in [1.807, 2.05) is 4.68 Å². The number of amides is 3. The van der Waals surface area contributed by atoms with Gasteiger partial charge in [0.25, 0.3) is 5.91 Å². The van der Waals surface area contributed by atoms with Crippen LogP contribution in [-0.4, -0.2) is 74.5 Å². The van der Waals surface area contributed by atoms with Crippen molar-refractivity contribution in [2.24, 2.45) is 0 Å². The van der Waals surface area contributed by atoms with E-state index in [-0.39, 0.29) is 30.1 Å². The van der Waals surface area contributed by atoms with Crippen LogP contribution in [0.5, 0.6) is 0 Å². The third-order valence-electron chi connectivity index (χ3n) is 5.18. The molecule has 26 heavy (non-hydrogen) atoms. The SMILES string of the molecule is O=C(NOC[C@@H]1C[C@H](n2cncn2)CN1)C1CCC2CN1C(=O)N2OS. The lowest BCUT2D eigenvalue weighted by molar-refractivity contribution is -0.139. The van der Waals surface area contributed by atoms with Crippen molar-refractivity contribution in [1.29, 1.82) is 0 Å². The molecule has 3 aliphatic rings. The molecular weight excluding hydrogens is 362 g/mol. The van der Waals surface area contributed by atoms with Gasteiger partial charge in [-0.3, -0.25) is 9.63 Å². The molecule has 4 atom stereocenters. The van der Waals surface area contributed by atoms with Gasteiger partial charge < -0.3 is 10.2 Å². The van der Waals surface area contributed by atoms with Gasteiger partial charge >= 0.3 is 6.03 Å². The van der Waals surface area contributed by atoms with E-state index in [2.05, 4.69) is 33.8 Å². The summed E-state index contributed by atoms with van der Waals surface area (Å²) in [6.07, 6.45) is 5.29. The highest BCUT2D eigenvalue weighted by Crippen LogP contribution is 2.30. The van der Waals surface area contributed by atoms with E-state index < -0.39 is 6.04 Å². The Morgan fingerprint density at radius 3 is 3.08 bits per heavy atom. The van der Waals surface area contributed by atoms with E-state index in [0.717, 1.165) is 13.0 Å². The molecule has 12 heteroatoms. The molecule has 1 aromatic heterocycles. The molecule has 0 aromatic carbocycles. The van der Waals surface area contributed by atoms with Crippen LogP contribution in [0.15, 0.2) is 12.7 Å². The van der Waals surface area contributed by atoms with Gasteiger partial charge in [0, 0.05) is 32.0 Å². The Morgan fingerprint density at radius 1 is 1.42 bits per heavy atom. The number of fused-ring (bicyclic) bond motifs is 2. The second kappa shape index (κ2) is 7.39. The smallest absolute Gasteiger partial charge is 0.309 e. The number of hydrogen-bond donors (Lipinski definition) is 3. The van der Waals surface area contributed by atoms with E-state index in [9.17, 15) is 9.59 Å². The number of urea groups is 1. The Labute approximate surface area is 155 Å². The summed E-state index contributed by atoms with van der Waals surface area (Å²) in [5.41, 5.74) is 2.48. The molecule has 0 spiro atoms. The van der Waals surface area contributed by atoms with Gasteiger partial charge in [0.1, 0.15) is 18.7 Å². The molecule has 3 fully saturated rings. The first-order chi connectivity index (χ1) is 12.7. The molecule has 2 N–H and O–H groups in total. The predicted octanol–water partition coefficient (Wildman–Crippen LogP) is -0.726. The van der Waals surface area contributed by atoms with Crippen LogP contribution in [0.25, 0.3) is 0 Å². The minimum atomic E-state index is -0.549. The van der Waals surface area contributed by atoms with E-state index >= 15 is 0 Å². The second-order valence-corrected chi connectivity index (χ2v) is 6.90. The van der Waals surface area contributed by atoms with Gasteiger partial charge in [0.15, 0.2) is 0 Å². The molecule has 0 radical (unpaired) electrons. The molecule has 0 saturated carbocycles. The summed E-state index contributed by atoms with van der Waals surface area (Å²) in [6, 6.07) is -0.600. The number of thiol groups is 1. The first-order valence-corrected chi connectivity index (χ1v) is 8.94. The largest absolute Gasteiger partial charge is 0.345 e. The average molecular weight is 383 g/mol. The van der Waals surface area contributed by atoms with Gasteiger partial charge in [-0.2, -0.15) is 10.2 Å². The monoisotopic (exact) mass is 383 g/mol. The summed E-state index contributed by atoms with van der Waals surface area (Å²) in [5, 5.41) is 8.69. The van der Waals surface area contributed by atoms with Crippen LogP contribution in [0.3, 0.4) is 0 Å². The van der Waals surface area contributed by atoms with E-state index in [4.69, 9.17) is 9.12 Å². The molecule has 3 saturated heterocycles. The predicted molar refractivity (Wildman–Crippen MR) is 90.4 cm³/mol. The van der Waals surface area contributed by atoms with Crippen molar-refractivity contribution in [2.45, 2.75) is 43.4 Å². The molecule has 4 heterocycles. The first kappa shape index (κ1) is 17.5. The fourth-order valence-corrected chi connectivity index (χ4v) is 4.03. The highest BCUT2D eigenvalue weighted by Gasteiger charge is 2.48. The molecule has 3 aliphatic heterocycles. The number of carbonyl (C=O) groups excluding carboxylic acids is 2. The molecule has 11 nitrogen and oxygen atoms in total. The van der Waals surface area contributed by atoms with Crippen molar-refractivity contribution in [3.8, 4) is 0 Å². The summed E-state index contributed by atoms with van der Waals surface area (Å²) in [4.78, 5) is 35.4. The molecule has 2 unspecified atom stereocenters. The van der Waals surface area contributed by atoms with Gasteiger partial charge in [0.2, 0.25) is 0 Å². The number of hydroxylamine groups is 3. The van der Waals surface area contributed by atoms with Crippen molar-refractivity contribution in [3.05, 3.63) is 12.7 Å². The third-order valence-corrected chi connectivity index (χ3v) is 5.36. The number of nitrogens with zero attached hydrogens (tertiary/aromatic N) is 5. The molecule has 3 amide bonds. The minimum absolute atomic E-state index is 0.0543. The van der Waals surface area contributed by atoms with Crippen LogP contribution >= 0.6 is 12.9 Å². The molecular formula is C14H21N7O4S. The van der Waals surface area contributed by atoms with E-state index in [0.29, 0.717) is 26.0 Å². The van der Waals surface area contributed by atoms with Crippen LogP contribution in [0, 0.1) is 0 Å². The van der Waals surface area contributed by atoms with Crippen molar-refractivity contribution in [1.82, 2.24) is 35.5 Å². The lowest BCUT2D eigenvalue weighted by Gasteiger charge is -2.29. The lowest BCUT2D eigenvalue weighted by atomic mass is 10.0. The fourth-order valence-electron chi connectivity index (χ4n) is 3.83. The number of rotatable bonds is 6. The number of piperidine rings is 1. The quantitative estimate of drug-likeness (QED) is 0.337. The van der Waals surface area contributed by atoms with Gasteiger partial charge in [-0.1, -0.05) is 0 Å². The van der Waals surface area contributed by atoms with Crippen molar-refractivity contribution in [3.63, 3.8) is 0 Å². The molecule has 0 aliphatic carbocycles. The number of nitrogens with one attached hydrogen (secondary N) is 2. The number of aromatic nitrogens is 3. The zero-order chi connectivity index (χ0) is 18.1. The standard InChI is InChI=1S/C14H21N7O4S/c22-13(12-2-1-10-5-19(12)14(23)21(10)25-26)18-24-6-9-3-11(4-16-9)20-8-15-7-17-20/h7-12,16,26H,1-6H2,(H,18,22)/t9-,10?,11-,12?/m0/s1. The summed E-state index contributed by atoms with van der Waals surface area (Å²) >= 11 is 3.71. The Bertz CT molecular complexity index is 660. The van der Waals surface area contributed by atoms with E-state index in [1.165, 1.54) is 16.3 Å². The van der Waals surface area contributed by atoms with Crippen LogP contribution in [0.2, 0.25) is 0 Å². The maximum Gasteiger partial charge on any atom is 0.345 e. The van der Waals surface area contributed by atoms with E-state index in [1.54, 1.807) is 6.33 Å². The number of hydrogen-bond acceptors (Lipinski definition) is 8. The molecule has 2 bridgehead atoms. The first-order valence-electron chi connectivity index (χ1n) is 8.58. The molecule has 1 aromatic rings. The maximum atomic E-state index is 12.4. The average Bonchev–Trinajstić information content (AvgIpc) is 3.37. The summed E-state index contributed by atoms with van der Waals surface area (Å²) < 4.78 is 6.63. The lowest BCUT2D eigenvalue weighted by Crippen LogP contribution is -2.50. The van der Waals surface area contributed by atoms with Gasteiger partial charge in [-0.15, -0.1) is 0 Å². The van der Waals surface area contributed by atoms with Crippen LogP contribution < -0.4 is 10.8 Å². The topological polar surface area (TPSA) is 114 Å². The van der Waals surface area contributed by atoms with Crippen LogP contribution in [0.4, 0.5) is 4.79 Å². The number of carbonyl (C=O) groups is 2. The maximum absolute atomic E-state index is 12.4. The molecule has 142 valence electrons. The zero-order valence-electron chi connectivity index (χ0n) is 14.0. The van der Waals surface area contributed by atoms with Crippen LogP contribution in [-0.2, 0) is 13.9 Å². The second-order valence-electron chi connectivity index (χ2n) is 6.74. The fraction of sp³-hybridized carbons (Fsp3) is 0.714.